The maximum atomic E-state index is 11.9. The Bertz CT molecular complexity index is 532. The average molecular weight is 282 g/mol. The van der Waals surface area contributed by atoms with Crippen LogP contribution in [-0.4, -0.2) is 17.4 Å². The minimum absolute atomic E-state index is 0.386. The highest BCUT2D eigenvalue weighted by Crippen LogP contribution is 2.18. The Morgan fingerprint density at radius 2 is 2.05 bits per heavy atom. The molecule has 6 nitrogen and oxygen atoms in total. The van der Waals surface area contributed by atoms with E-state index < -0.39 is 16.5 Å². The van der Waals surface area contributed by atoms with Crippen molar-refractivity contribution in [3.05, 3.63) is 50.8 Å². The predicted octanol–water partition coefficient (Wildman–Crippen LogP) is 2.15. The number of benzene rings is 1. The van der Waals surface area contributed by atoms with Crippen LogP contribution in [-0.2, 0) is 4.79 Å². The monoisotopic (exact) mass is 281 g/mol. The second kappa shape index (κ2) is 5.71. The molecule has 7 heteroatoms. The Labute approximate surface area is 114 Å². The molecule has 1 saturated heterocycles. The predicted molar refractivity (Wildman–Crippen MR) is 71.3 cm³/mol. The number of allylic oxidation sites excluding steroid dienone is 1. The number of carbonyl (C=O) groups is 1. The minimum atomic E-state index is -0.725. The molecule has 0 atom stereocenters. The second-order valence-corrected chi connectivity index (χ2v) is 4.51. The Balaban J connectivity index is 2.19. The lowest BCUT2D eigenvalue weighted by Crippen LogP contribution is -2.24. The van der Waals surface area contributed by atoms with Crippen LogP contribution in [0.5, 0.6) is 0 Å². The number of anilines is 1. The number of amides is 1. The van der Waals surface area contributed by atoms with E-state index in [-0.39, 0.29) is 0 Å². The van der Waals surface area contributed by atoms with E-state index in [1.165, 1.54) is 0 Å². The lowest BCUT2D eigenvalue weighted by atomic mass is 10.2. The molecule has 0 unspecified atom stereocenters. The van der Waals surface area contributed by atoms with Gasteiger partial charge in [-0.3, -0.25) is 14.9 Å². The maximum absolute atomic E-state index is 11.9. The first-order valence-corrected chi connectivity index (χ1v) is 6.14. The van der Waals surface area contributed by atoms with E-state index in [2.05, 4.69) is 10.6 Å². The lowest BCUT2D eigenvalue weighted by molar-refractivity contribution is -0.420. The molecule has 2 N–H and O–H groups in total. The number of nitrogens with one attached hydrogen (secondary N) is 2. The van der Waals surface area contributed by atoms with Crippen LogP contribution in [0.2, 0.25) is 5.02 Å². The molecule has 1 amide bonds. The summed E-state index contributed by atoms with van der Waals surface area (Å²) in [6.45, 7) is 0.654. The number of carbonyl (C=O) groups excluding carboxylic acids is 1. The van der Waals surface area contributed by atoms with Crippen molar-refractivity contribution in [2.45, 2.75) is 12.8 Å². The van der Waals surface area contributed by atoms with Crippen LogP contribution >= 0.6 is 11.6 Å². The van der Waals surface area contributed by atoms with Crippen LogP contribution in [0.4, 0.5) is 5.69 Å². The number of rotatable bonds is 3. The van der Waals surface area contributed by atoms with Crippen LogP contribution < -0.4 is 10.6 Å². The summed E-state index contributed by atoms with van der Waals surface area (Å²) in [5, 5.41) is 16.9. The zero-order valence-electron chi connectivity index (χ0n) is 9.98. The van der Waals surface area contributed by atoms with E-state index in [0.29, 0.717) is 29.4 Å². The van der Waals surface area contributed by atoms with Gasteiger partial charge in [-0.2, -0.15) is 0 Å². The molecule has 19 heavy (non-hydrogen) atoms. The van der Waals surface area contributed by atoms with Crippen LogP contribution in [0.15, 0.2) is 35.7 Å². The van der Waals surface area contributed by atoms with Crippen LogP contribution in [0.3, 0.4) is 0 Å². The molecule has 100 valence electrons. The molecule has 1 aromatic rings. The van der Waals surface area contributed by atoms with E-state index >= 15 is 0 Å². The molecule has 0 saturated carbocycles. The van der Waals surface area contributed by atoms with Crippen molar-refractivity contribution < 1.29 is 9.72 Å². The van der Waals surface area contributed by atoms with E-state index in [9.17, 15) is 14.9 Å². The van der Waals surface area contributed by atoms with Gasteiger partial charge >= 0.3 is 11.6 Å². The lowest BCUT2D eigenvalue weighted by Gasteiger charge is -2.05. The molecule has 2 rings (SSSR count). The topological polar surface area (TPSA) is 84.3 Å². The van der Waals surface area contributed by atoms with Crippen molar-refractivity contribution in [2.75, 3.05) is 11.9 Å². The summed E-state index contributed by atoms with van der Waals surface area (Å²) in [6.07, 6.45) is 1.31. The molecular formula is C12H12ClN3O3. The van der Waals surface area contributed by atoms with Gasteiger partial charge in [0.05, 0.1) is 10.6 Å². The van der Waals surface area contributed by atoms with E-state index in [1.807, 2.05) is 0 Å². The number of nitro groups is 1. The van der Waals surface area contributed by atoms with Crippen LogP contribution in [0.1, 0.15) is 12.8 Å². The zero-order valence-corrected chi connectivity index (χ0v) is 10.7. The molecule has 1 aromatic carbocycles. The highest BCUT2D eigenvalue weighted by atomic mass is 35.5. The van der Waals surface area contributed by atoms with Gasteiger partial charge in [-0.05, 0) is 37.1 Å². The highest BCUT2D eigenvalue weighted by molar-refractivity contribution is 6.30. The summed E-state index contributed by atoms with van der Waals surface area (Å²) in [6, 6.07) is 6.38. The Morgan fingerprint density at radius 1 is 1.37 bits per heavy atom. The van der Waals surface area contributed by atoms with Gasteiger partial charge in [-0.1, -0.05) is 11.6 Å². The highest BCUT2D eigenvalue weighted by Gasteiger charge is 2.29. The van der Waals surface area contributed by atoms with Crippen LogP contribution in [0, 0.1) is 10.1 Å². The molecule has 1 aliphatic rings. The number of hydrogen-bond donors (Lipinski definition) is 2. The van der Waals surface area contributed by atoms with Crippen molar-refractivity contribution >= 4 is 23.2 Å². The van der Waals surface area contributed by atoms with Crippen molar-refractivity contribution in [3.63, 3.8) is 0 Å². The second-order valence-electron chi connectivity index (χ2n) is 4.08. The first-order valence-electron chi connectivity index (χ1n) is 5.76. The van der Waals surface area contributed by atoms with E-state index in [0.717, 1.165) is 6.42 Å². The molecular weight excluding hydrogens is 270 g/mol. The fourth-order valence-electron chi connectivity index (χ4n) is 1.85. The summed E-state index contributed by atoms with van der Waals surface area (Å²) in [5.74, 6) is -0.725. The smallest absolute Gasteiger partial charge is 0.352 e. The molecule has 0 aliphatic carbocycles. The van der Waals surface area contributed by atoms with Crippen molar-refractivity contribution in [2.24, 2.45) is 0 Å². The molecule has 1 fully saturated rings. The standard InChI is InChI=1S/C12H12ClN3O3/c13-8-3-5-9(6-4-8)15-12(17)11(16(18)19)10-2-1-7-14-10/h3-6,14H,1-2,7H2,(H,15,17). The zero-order chi connectivity index (χ0) is 13.8. The SMILES string of the molecule is O=C(Nc1ccc(Cl)cc1)C(=C1CCCN1)[N+](=O)[O-]. The van der Waals surface area contributed by atoms with Gasteiger partial charge in [0, 0.05) is 17.3 Å². The van der Waals surface area contributed by atoms with Gasteiger partial charge in [0.25, 0.3) is 0 Å². The average Bonchev–Trinajstić information content (AvgIpc) is 2.85. The van der Waals surface area contributed by atoms with Gasteiger partial charge in [-0.25, -0.2) is 0 Å². The molecule has 0 bridgehead atoms. The summed E-state index contributed by atoms with van der Waals surface area (Å²) < 4.78 is 0. The maximum Gasteiger partial charge on any atom is 0.352 e. The Morgan fingerprint density at radius 3 is 2.58 bits per heavy atom. The van der Waals surface area contributed by atoms with Crippen molar-refractivity contribution in [1.82, 2.24) is 5.32 Å². The normalized spacial score (nSPS) is 16.7. The van der Waals surface area contributed by atoms with E-state index in [4.69, 9.17) is 11.6 Å². The Hall–Kier alpha value is -2.08. The fourth-order valence-corrected chi connectivity index (χ4v) is 1.97. The Kier molecular flexibility index (Phi) is 4.01. The van der Waals surface area contributed by atoms with Crippen molar-refractivity contribution in [1.29, 1.82) is 0 Å². The summed E-state index contributed by atoms with van der Waals surface area (Å²) in [7, 11) is 0. The molecule has 0 radical (unpaired) electrons. The first-order chi connectivity index (χ1) is 9.08. The number of hydrogen-bond acceptors (Lipinski definition) is 4. The van der Waals surface area contributed by atoms with Crippen molar-refractivity contribution in [3.8, 4) is 0 Å². The van der Waals surface area contributed by atoms with Gasteiger partial charge in [0.2, 0.25) is 0 Å². The largest absolute Gasteiger partial charge is 0.383 e. The molecule has 0 spiro atoms. The number of halogens is 1. The molecule has 0 aromatic heterocycles. The summed E-state index contributed by atoms with van der Waals surface area (Å²) in [5.41, 5.74) is 0.427. The molecule has 1 heterocycles. The third-order valence-corrected chi connectivity index (χ3v) is 2.98. The third kappa shape index (κ3) is 3.23. The quantitative estimate of drug-likeness (QED) is 0.505. The summed E-state index contributed by atoms with van der Waals surface area (Å²) >= 11 is 5.72. The minimum Gasteiger partial charge on any atom is -0.383 e. The van der Waals surface area contributed by atoms with Gasteiger partial charge in [0.1, 0.15) is 0 Å². The third-order valence-electron chi connectivity index (χ3n) is 2.73. The number of nitrogens with zero attached hydrogens (tertiary/aromatic N) is 1. The molecule has 1 aliphatic heterocycles. The van der Waals surface area contributed by atoms with Gasteiger partial charge in [-0.15, -0.1) is 0 Å². The van der Waals surface area contributed by atoms with Gasteiger partial charge < -0.3 is 10.6 Å². The van der Waals surface area contributed by atoms with Gasteiger partial charge in [0.15, 0.2) is 0 Å². The van der Waals surface area contributed by atoms with Crippen LogP contribution in [0.25, 0.3) is 0 Å². The van der Waals surface area contributed by atoms with E-state index in [1.54, 1.807) is 24.3 Å². The summed E-state index contributed by atoms with van der Waals surface area (Å²) in [4.78, 5) is 22.3. The first kappa shape index (κ1) is 13.4. The fraction of sp³-hybridized carbons (Fsp3) is 0.250.